The number of unbranched alkanes of at least 4 members (excludes halogenated alkanes) is 6. The molecule has 0 heterocycles. The average molecular weight is 553 g/mol. The summed E-state index contributed by atoms with van der Waals surface area (Å²) in [5.74, 6) is -0.280. The Balaban J connectivity index is 1.34. The van der Waals surface area contributed by atoms with Crippen molar-refractivity contribution in [3.05, 3.63) is 118 Å². The predicted molar refractivity (Wildman–Crippen MR) is 175 cm³/mol. The van der Waals surface area contributed by atoms with Crippen LogP contribution in [0.4, 0.5) is 0 Å². The van der Waals surface area contributed by atoms with Gasteiger partial charge in [-0.1, -0.05) is 112 Å². The molecule has 3 aromatic rings. The zero-order valence-electron chi connectivity index (χ0n) is 26.0. The van der Waals surface area contributed by atoms with E-state index < -0.39 is 0 Å². The highest BCUT2D eigenvalue weighted by molar-refractivity contribution is 5.86. The first kappa shape index (κ1) is 32.4. The minimum Gasteiger partial charge on any atom is -0.462 e. The maximum absolute atomic E-state index is 11.4. The third-order valence-corrected chi connectivity index (χ3v) is 8.10. The lowest BCUT2D eigenvalue weighted by Crippen LogP contribution is -2.06. The van der Waals surface area contributed by atoms with E-state index in [0.29, 0.717) is 12.2 Å². The summed E-state index contributed by atoms with van der Waals surface area (Å²) in [5, 5.41) is 0. The van der Waals surface area contributed by atoms with Crippen molar-refractivity contribution in [1.82, 2.24) is 0 Å². The van der Waals surface area contributed by atoms with E-state index in [2.05, 4.69) is 87.2 Å². The zero-order valence-corrected chi connectivity index (χ0v) is 26.0. The minimum absolute atomic E-state index is 0.280. The van der Waals surface area contributed by atoms with Gasteiger partial charge in [0.2, 0.25) is 0 Å². The number of esters is 1. The maximum Gasteiger partial charge on any atom is 0.333 e. The van der Waals surface area contributed by atoms with Crippen LogP contribution in [-0.2, 0) is 48.1 Å². The molecule has 220 valence electrons. The van der Waals surface area contributed by atoms with E-state index in [4.69, 9.17) is 4.74 Å². The molecular weight excluding hydrogens is 500 g/mol. The lowest BCUT2D eigenvalue weighted by molar-refractivity contribution is -0.139. The number of ether oxygens (including phenoxy) is 1. The second-order valence-electron chi connectivity index (χ2n) is 11.8. The van der Waals surface area contributed by atoms with Crippen molar-refractivity contribution in [3.8, 4) is 0 Å². The van der Waals surface area contributed by atoms with E-state index in [1.54, 1.807) is 6.92 Å². The largest absolute Gasteiger partial charge is 0.462 e. The molecular formula is C39H52O2. The van der Waals surface area contributed by atoms with Crippen LogP contribution in [0.15, 0.2) is 78.9 Å². The zero-order chi connectivity index (χ0) is 29.3. The first-order valence-corrected chi connectivity index (χ1v) is 16.0. The summed E-state index contributed by atoms with van der Waals surface area (Å²) in [6, 6.07) is 25.6. The summed E-state index contributed by atoms with van der Waals surface area (Å²) in [4.78, 5) is 11.4. The van der Waals surface area contributed by atoms with E-state index in [0.717, 1.165) is 51.4 Å². The number of hydrogen-bond donors (Lipinski definition) is 0. The Labute approximate surface area is 250 Å². The summed E-state index contributed by atoms with van der Waals surface area (Å²) in [5.41, 5.74) is 10.5. The van der Waals surface area contributed by atoms with Crippen LogP contribution in [0.3, 0.4) is 0 Å². The van der Waals surface area contributed by atoms with Gasteiger partial charge in [-0.05, 0) is 111 Å². The van der Waals surface area contributed by atoms with Crippen LogP contribution in [0.25, 0.3) is 0 Å². The molecule has 0 aliphatic rings. The average Bonchev–Trinajstić information content (AvgIpc) is 2.98. The second kappa shape index (κ2) is 18.3. The second-order valence-corrected chi connectivity index (χ2v) is 11.8. The molecule has 0 amide bonds. The van der Waals surface area contributed by atoms with Crippen LogP contribution in [0.2, 0.25) is 0 Å². The third-order valence-electron chi connectivity index (χ3n) is 8.10. The Morgan fingerprint density at radius 3 is 1.61 bits per heavy atom. The first-order chi connectivity index (χ1) is 19.9. The van der Waals surface area contributed by atoms with Gasteiger partial charge in [-0.2, -0.15) is 0 Å². The maximum atomic E-state index is 11.4. The van der Waals surface area contributed by atoms with Gasteiger partial charge in [0.15, 0.2) is 0 Å². The number of hydrogen-bond acceptors (Lipinski definition) is 2. The summed E-state index contributed by atoms with van der Waals surface area (Å²) < 4.78 is 5.16. The Morgan fingerprint density at radius 1 is 0.610 bits per heavy atom. The van der Waals surface area contributed by atoms with Crippen molar-refractivity contribution < 1.29 is 9.53 Å². The summed E-state index contributed by atoms with van der Waals surface area (Å²) in [6.07, 6.45) is 16.3. The van der Waals surface area contributed by atoms with Gasteiger partial charge in [0.25, 0.3) is 0 Å². The van der Waals surface area contributed by atoms with Gasteiger partial charge in [-0.25, -0.2) is 4.79 Å². The molecule has 2 nitrogen and oxygen atoms in total. The normalized spacial score (nSPS) is 11.0. The van der Waals surface area contributed by atoms with Crippen molar-refractivity contribution in [2.24, 2.45) is 0 Å². The number of carbonyl (C=O) groups is 1. The number of carbonyl (C=O) groups excluding carboxylic acids is 1. The standard InChI is InChI=1S/C39H52O2/c1-5-6-7-10-13-33-15-19-35(20-16-33)23-24-37-26-28-38(32(4)30-37)27-25-36-21-17-34(18-22-36)14-11-8-9-12-29-41-39(40)31(2)3/h15-22,26,28,30H,2,5-14,23-25,27,29H2,1,3-4H3. The molecule has 3 rings (SSSR count). The lowest BCUT2D eigenvalue weighted by Gasteiger charge is -2.10. The highest BCUT2D eigenvalue weighted by atomic mass is 16.5. The molecule has 0 aliphatic heterocycles. The molecule has 0 saturated carbocycles. The Hall–Kier alpha value is -3.13. The number of aryl methyl sites for hydroxylation is 7. The topological polar surface area (TPSA) is 26.3 Å². The summed E-state index contributed by atoms with van der Waals surface area (Å²) in [6.45, 7) is 10.3. The van der Waals surface area contributed by atoms with Crippen molar-refractivity contribution in [2.75, 3.05) is 6.61 Å². The minimum atomic E-state index is -0.280. The van der Waals surface area contributed by atoms with Crippen LogP contribution in [-0.4, -0.2) is 12.6 Å². The van der Waals surface area contributed by atoms with Crippen LogP contribution in [0.1, 0.15) is 104 Å². The molecule has 0 aliphatic carbocycles. The quantitative estimate of drug-likeness (QED) is 0.0840. The van der Waals surface area contributed by atoms with Gasteiger partial charge in [0, 0.05) is 5.57 Å². The van der Waals surface area contributed by atoms with Crippen molar-refractivity contribution in [1.29, 1.82) is 0 Å². The van der Waals surface area contributed by atoms with Gasteiger partial charge in [-0.15, -0.1) is 0 Å². The fourth-order valence-electron chi connectivity index (χ4n) is 5.34. The number of rotatable bonds is 19. The monoisotopic (exact) mass is 552 g/mol. The van der Waals surface area contributed by atoms with E-state index in [9.17, 15) is 4.79 Å². The van der Waals surface area contributed by atoms with Gasteiger partial charge in [-0.3, -0.25) is 0 Å². The van der Waals surface area contributed by atoms with Gasteiger partial charge in [0.05, 0.1) is 6.61 Å². The Bertz CT molecular complexity index is 1190. The highest BCUT2D eigenvalue weighted by Gasteiger charge is 2.05. The van der Waals surface area contributed by atoms with Gasteiger partial charge in [0.1, 0.15) is 0 Å². The molecule has 0 radical (unpaired) electrons. The molecule has 0 bridgehead atoms. The Morgan fingerprint density at radius 2 is 1.07 bits per heavy atom. The van der Waals surface area contributed by atoms with E-state index in [1.165, 1.54) is 77.5 Å². The number of benzene rings is 3. The van der Waals surface area contributed by atoms with Gasteiger partial charge >= 0.3 is 5.97 Å². The highest BCUT2D eigenvalue weighted by Crippen LogP contribution is 2.18. The molecule has 41 heavy (non-hydrogen) atoms. The summed E-state index contributed by atoms with van der Waals surface area (Å²) >= 11 is 0. The van der Waals surface area contributed by atoms with E-state index in [-0.39, 0.29) is 5.97 Å². The van der Waals surface area contributed by atoms with Crippen LogP contribution >= 0.6 is 0 Å². The fourth-order valence-corrected chi connectivity index (χ4v) is 5.34. The molecule has 2 heteroatoms. The Kier molecular flexibility index (Phi) is 14.5. The van der Waals surface area contributed by atoms with E-state index in [1.807, 2.05) is 0 Å². The van der Waals surface area contributed by atoms with Crippen molar-refractivity contribution in [2.45, 2.75) is 111 Å². The van der Waals surface area contributed by atoms with Gasteiger partial charge < -0.3 is 4.74 Å². The van der Waals surface area contributed by atoms with Crippen LogP contribution in [0, 0.1) is 6.92 Å². The molecule has 3 aromatic carbocycles. The molecule has 0 atom stereocenters. The smallest absolute Gasteiger partial charge is 0.333 e. The van der Waals surface area contributed by atoms with Crippen molar-refractivity contribution >= 4 is 5.97 Å². The molecule has 0 saturated heterocycles. The first-order valence-electron chi connectivity index (χ1n) is 16.0. The predicted octanol–water partition coefficient (Wildman–Crippen LogP) is 9.91. The van der Waals surface area contributed by atoms with Crippen LogP contribution < -0.4 is 0 Å². The molecule has 0 fully saturated rings. The van der Waals surface area contributed by atoms with Crippen LogP contribution in [0.5, 0.6) is 0 Å². The molecule has 0 unspecified atom stereocenters. The molecule has 0 aromatic heterocycles. The van der Waals surface area contributed by atoms with Crippen molar-refractivity contribution in [3.63, 3.8) is 0 Å². The summed E-state index contributed by atoms with van der Waals surface area (Å²) in [7, 11) is 0. The van der Waals surface area contributed by atoms with E-state index >= 15 is 0 Å². The lowest BCUT2D eigenvalue weighted by atomic mass is 9.95. The fraction of sp³-hybridized carbons (Fsp3) is 0.462. The molecule has 0 N–H and O–H groups in total. The SMILES string of the molecule is C=C(C)C(=O)OCCCCCCc1ccc(CCc2ccc(CCc3ccc(CCCCCC)cc3)cc2C)cc1. The molecule has 0 spiro atoms. The third kappa shape index (κ3) is 12.5.